The highest BCUT2D eigenvalue weighted by Gasteiger charge is 2.25. The quantitative estimate of drug-likeness (QED) is 0.361. The van der Waals surface area contributed by atoms with Gasteiger partial charge in [-0.25, -0.2) is 0 Å². The van der Waals surface area contributed by atoms with E-state index in [2.05, 4.69) is 0 Å². The van der Waals surface area contributed by atoms with Crippen LogP contribution in [0.2, 0.25) is 0 Å². The van der Waals surface area contributed by atoms with Gasteiger partial charge in [0.25, 0.3) is 5.69 Å². The molecule has 1 amide bonds. The molecule has 0 fully saturated rings. The average Bonchev–Trinajstić information content (AvgIpc) is 2.40. The number of aryl methyl sites for hydroxylation is 1. The number of nitrogens with zero attached hydrogens (tertiary/aromatic N) is 2. The number of unbranched alkanes of at least 4 members (excludes halogenated alkanes) is 1. The molecule has 2 rings (SSSR count). The molecule has 0 radical (unpaired) electrons. The van der Waals surface area contributed by atoms with Crippen LogP contribution in [0.1, 0.15) is 24.8 Å². The number of fused-ring (bicyclic) bond motifs is 1. The third-order valence-electron chi connectivity index (χ3n) is 3.24. The maximum Gasteiger partial charge on any atom is 0.269 e. The highest BCUT2D eigenvalue weighted by Crippen LogP contribution is 2.31. The van der Waals surface area contributed by atoms with Gasteiger partial charge >= 0.3 is 0 Å². The number of halogens is 1. The minimum atomic E-state index is -0.408. The number of non-ortho nitro benzene ring substituents is 1. The summed E-state index contributed by atoms with van der Waals surface area (Å²) < 4.78 is 0. The van der Waals surface area contributed by atoms with E-state index >= 15 is 0 Å². The van der Waals surface area contributed by atoms with Gasteiger partial charge in [-0.05, 0) is 30.9 Å². The second kappa shape index (κ2) is 6.02. The predicted molar refractivity (Wildman–Crippen MR) is 73.7 cm³/mol. The van der Waals surface area contributed by atoms with E-state index in [0.717, 1.165) is 24.1 Å². The van der Waals surface area contributed by atoms with E-state index in [1.165, 1.54) is 6.07 Å². The maximum atomic E-state index is 11.9. The summed E-state index contributed by atoms with van der Waals surface area (Å²) in [5.41, 5.74) is 1.75. The zero-order valence-corrected chi connectivity index (χ0v) is 11.2. The molecule has 0 aromatic heterocycles. The lowest BCUT2D eigenvalue weighted by Gasteiger charge is -2.29. The smallest absolute Gasteiger partial charge is 0.269 e. The molecule has 5 nitrogen and oxygen atoms in total. The normalized spacial score (nSPS) is 14.4. The van der Waals surface area contributed by atoms with E-state index < -0.39 is 4.92 Å². The van der Waals surface area contributed by atoms with Gasteiger partial charge in [0.15, 0.2) is 0 Å². The van der Waals surface area contributed by atoms with E-state index in [-0.39, 0.29) is 11.6 Å². The lowest BCUT2D eigenvalue weighted by atomic mass is 10.00. The number of carbonyl (C=O) groups excluding carboxylic acids is 1. The number of benzene rings is 1. The Balaban J connectivity index is 2.23. The summed E-state index contributed by atoms with van der Waals surface area (Å²) in [6.07, 6.45) is 2.68. The van der Waals surface area contributed by atoms with Crippen molar-refractivity contribution in [2.45, 2.75) is 25.7 Å². The zero-order chi connectivity index (χ0) is 13.8. The number of amides is 1. The molecule has 0 bridgehead atoms. The van der Waals surface area contributed by atoms with Crippen molar-refractivity contribution < 1.29 is 9.72 Å². The third kappa shape index (κ3) is 3.04. The molecular formula is C13H15ClN2O3. The van der Waals surface area contributed by atoms with Gasteiger partial charge in [0.1, 0.15) is 0 Å². The van der Waals surface area contributed by atoms with Crippen LogP contribution in [0, 0.1) is 10.1 Å². The molecule has 0 aliphatic carbocycles. The average molecular weight is 283 g/mol. The lowest BCUT2D eigenvalue weighted by molar-refractivity contribution is -0.384. The molecule has 0 atom stereocenters. The fraction of sp³-hybridized carbons (Fsp3) is 0.462. The Bertz CT molecular complexity index is 505. The number of carbonyl (C=O) groups is 1. The van der Waals surface area contributed by atoms with E-state index in [4.69, 9.17) is 11.6 Å². The first-order valence-corrected chi connectivity index (χ1v) is 6.80. The van der Waals surface area contributed by atoms with Crippen LogP contribution < -0.4 is 4.90 Å². The van der Waals surface area contributed by atoms with Crippen LogP contribution >= 0.6 is 11.6 Å². The van der Waals surface area contributed by atoms with Gasteiger partial charge < -0.3 is 4.90 Å². The summed E-state index contributed by atoms with van der Waals surface area (Å²) in [5.74, 6) is 0.658. The van der Waals surface area contributed by atoms with Crippen molar-refractivity contribution >= 4 is 28.9 Å². The Morgan fingerprint density at radius 3 is 2.79 bits per heavy atom. The first kappa shape index (κ1) is 13.8. The van der Waals surface area contributed by atoms with Gasteiger partial charge in [-0.2, -0.15) is 0 Å². The van der Waals surface area contributed by atoms with Crippen molar-refractivity contribution in [1.29, 1.82) is 0 Å². The van der Waals surface area contributed by atoms with Gasteiger partial charge in [-0.1, -0.05) is 0 Å². The van der Waals surface area contributed by atoms with Crippen LogP contribution in [0.25, 0.3) is 0 Å². The van der Waals surface area contributed by atoms with Crippen molar-refractivity contribution in [2.24, 2.45) is 0 Å². The van der Waals surface area contributed by atoms with Gasteiger partial charge in [0.05, 0.1) is 4.92 Å². The number of nitro groups is 1. The topological polar surface area (TPSA) is 63.4 Å². The van der Waals surface area contributed by atoms with Crippen LogP contribution in [0.3, 0.4) is 0 Å². The Morgan fingerprint density at radius 1 is 1.32 bits per heavy atom. The number of nitro benzene ring substituents is 1. The van der Waals surface area contributed by atoms with Crippen molar-refractivity contribution in [3.05, 3.63) is 33.9 Å². The van der Waals surface area contributed by atoms with Gasteiger partial charge in [-0.3, -0.25) is 14.9 Å². The van der Waals surface area contributed by atoms with Crippen LogP contribution in [-0.2, 0) is 11.2 Å². The molecule has 0 unspecified atom stereocenters. The van der Waals surface area contributed by atoms with E-state index in [9.17, 15) is 14.9 Å². The molecule has 102 valence electrons. The molecule has 0 N–H and O–H groups in total. The molecule has 19 heavy (non-hydrogen) atoms. The Labute approximate surface area is 116 Å². The fourth-order valence-electron chi connectivity index (χ4n) is 2.27. The molecule has 1 aromatic carbocycles. The summed E-state index contributed by atoms with van der Waals surface area (Å²) in [6, 6.07) is 4.69. The number of rotatable bonds is 5. The number of alkyl halides is 1. The molecule has 1 heterocycles. The number of hydrogen-bond donors (Lipinski definition) is 0. The highest BCUT2D eigenvalue weighted by molar-refractivity contribution is 6.17. The molecule has 0 saturated carbocycles. The summed E-state index contributed by atoms with van der Waals surface area (Å²) in [7, 11) is 0. The number of hydrogen-bond acceptors (Lipinski definition) is 3. The van der Waals surface area contributed by atoms with Gasteiger partial charge in [0, 0.05) is 36.7 Å². The Hall–Kier alpha value is -1.62. The largest absolute Gasteiger partial charge is 0.312 e. The SMILES string of the molecule is O=C1CCc2cc([N+](=O)[O-])ccc2N1CCCCCl. The monoisotopic (exact) mass is 282 g/mol. The van der Waals surface area contributed by atoms with Gasteiger partial charge in [0.2, 0.25) is 5.91 Å². The van der Waals surface area contributed by atoms with Crippen molar-refractivity contribution in [2.75, 3.05) is 17.3 Å². The van der Waals surface area contributed by atoms with Crippen LogP contribution in [0.15, 0.2) is 18.2 Å². The standard InChI is InChI=1S/C13H15ClN2O3/c14-7-1-2-8-15-12-5-4-11(16(18)19)9-10(12)3-6-13(15)17/h4-5,9H,1-3,6-8H2. The predicted octanol–water partition coefficient (Wildman–Crippen LogP) is 2.89. The van der Waals surface area contributed by atoms with E-state index in [1.807, 2.05) is 0 Å². The fourth-order valence-corrected chi connectivity index (χ4v) is 2.46. The zero-order valence-electron chi connectivity index (χ0n) is 10.5. The third-order valence-corrected chi connectivity index (χ3v) is 3.51. The minimum absolute atomic E-state index is 0.0776. The van der Waals surface area contributed by atoms with E-state index in [1.54, 1.807) is 17.0 Å². The first-order valence-electron chi connectivity index (χ1n) is 6.27. The molecule has 1 aromatic rings. The summed E-state index contributed by atoms with van der Waals surface area (Å²) in [4.78, 5) is 24.0. The summed E-state index contributed by atoms with van der Waals surface area (Å²) >= 11 is 5.63. The minimum Gasteiger partial charge on any atom is -0.312 e. The van der Waals surface area contributed by atoms with Crippen molar-refractivity contribution in [1.82, 2.24) is 0 Å². The van der Waals surface area contributed by atoms with E-state index in [0.29, 0.717) is 25.3 Å². The summed E-state index contributed by atoms with van der Waals surface area (Å²) in [5, 5.41) is 10.8. The lowest BCUT2D eigenvalue weighted by Crippen LogP contribution is -2.35. The first-order chi connectivity index (χ1) is 9.13. The molecule has 0 spiro atoms. The maximum absolute atomic E-state index is 11.9. The van der Waals surface area contributed by atoms with Crippen LogP contribution in [0.4, 0.5) is 11.4 Å². The molecule has 6 heteroatoms. The van der Waals surface area contributed by atoms with Crippen molar-refractivity contribution in [3.63, 3.8) is 0 Å². The Morgan fingerprint density at radius 2 is 2.11 bits per heavy atom. The molecule has 1 aliphatic heterocycles. The van der Waals surface area contributed by atoms with Gasteiger partial charge in [-0.15, -0.1) is 11.6 Å². The highest BCUT2D eigenvalue weighted by atomic mass is 35.5. The van der Waals surface area contributed by atoms with Crippen LogP contribution in [-0.4, -0.2) is 23.3 Å². The van der Waals surface area contributed by atoms with Crippen molar-refractivity contribution in [3.8, 4) is 0 Å². The second-order valence-electron chi connectivity index (χ2n) is 4.51. The Kier molecular flexibility index (Phi) is 4.37. The second-order valence-corrected chi connectivity index (χ2v) is 4.89. The summed E-state index contributed by atoms with van der Waals surface area (Å²) in [6.45, 7) is 0.621. The molecule has 0 saturated heterocycles. The number of anilines is 1. The van der Waals surface area contributed by atoms with Crippen LogP contribution in [0.5, 0.6) is 0 Å². The molecule has 1 aliphatic rings. The molecular weight excluding hydrogens is 268 g/mol.